The normalized spacial score (nSPS) is 10.3. The summed E-state index contributed by atoms with van der Waals surface area (Å²) in [4.78, 5) is 53.2. The van der Waals surface area contributed by atoms with Crippen LogP contribution in [0, 0.1) is 0 Å². The second-order valence-corrected chi connectivity index (χ2v) is 13.8. The zero-order valence-electron chi connectivity index (χ0n) is 30.5. The number of hydrazine groups is 1. The lowest BCUT2D eigenvalue weighted by molar-refractivity contribution is 0.0591. The highest BCUT2D eigenvalue weighted by molar-refractivity contribution is 7.22. The van der Waals surface area contributed by atoms with Gasteiger partial charge in [-0.1, -0.05) is 63.1 Å². The van der Waals surface area contributed by atoms with Gasteiger partial charge in [-0.25, -0.2) is 35.0 Å². The fraction of sp³-hybridized carbons (Fsp3) is 0.111. The number of hydrogen-bond donors (Lipinski definition) is 5. The maximum atomic E-state index is 11.8. The van der Waals surface area contributed by atoms with Crippen LogP contribution in [0.3, 0.4) is 0 Å². The molecule has 0 fully saturated rings. The minimum atomic E-state index is -1.12. The van der Waals surface area contributed by atoms with E-state index < -0.39 is 23.9 Å². The molecule has 7 aromatic rings. The highest BCUT2D eigenvalue weighted by Crippen LogP contribution is 2.34. The molecule has 7 rings (SSSR count). The Morgan fingerprint density at radius 3 is 1.84 bits per heavy atom. The zero-order chi connectivity index (χ0) is 41.9. The van der Waals surface area contributed by atoms with Crippen molar-refractivity contribution in [3.63, 3.8) is 0 Å². The van der Waals surface area contributed by atoms with E-state index in [2.05, 4.69) is 35.5 Å². The molecule has 0 aliphatic heterocycles. The summed E-state index contributed by atoms with van der Waals surface area (Å²) >= 11 is 14.5. The summed E-state index contributed by atoms with van der Waals surface area (Å²) in [6, 6.07) is 19.6. The molecule has 0 saturated carbocycles. The quantitative estimate of drug-likeness (QED) is 0.0404. The lowest BCUT2D eigenvalue weighted by Gasteiger charge is -2.03. The molecule has 0 radical (unpaired) electrons. The molecule has 0 bridgehead atoms. The molecule has 4 aromatic carbocycles. The Hall–Kier alpha value is -6.58. The van der Waals surface area contributed by atoms with Gasteiger partial charge in [-0.15, -0.1) is 5.10 Å². The van der Waals surface area contributed by atoms with Crippen molar-refractivity contribution in [1.29, 1.82) is 0 Å². The summed E-state index contributed by atoms with van der Waals surface area (Å²) in [5.41, 5.74) is 4.24. The molecule has 0 spiro atoms. The molecule has 2 amide bonds. The molecule has 18 nitrogen and oxygen atoms in total. The predicted molar refractivity (Wildman–Crippen MR) is 218 cm³/mol. The van der Waals surface area contributed by atoms with Crippen LogP contribution in [0.15, 0.2) is 77.2 Å². The number of fused-ring (bicyclic) bond motifs is 2. The van der Waals surface area contributed by atoms with Crippen molar-refractivity contribution in [2.24, 2.45) is 5.84 Å². The second-order valence-electron chi connectivity index (χ2n) is 11.0. The van der Waals surface area contributed by atoms with Gasteiger partial charge in [-0.05, 0) is 60.7 Å². The van der Waals surface area contributed by atoms with Crippen LogP contribution in [-0.2, 0) is 9.47 Å². The van der Waals surface area contributed by atoms with Crippen molar-refractivity contribution < 1.29 is 47.6 Å². The van der Waals surface area contributed by atoms with Gasteiger partial charge in [0.1, 0.15) is 22.5 Å². The van der Waals surface area contributed by atoms with Crippen molar-refractivity contribution in [3.05, 3.63) is 99.5 Å². The van der Waals surface area contributed by atoms with Crippen molar-refractivity contribution >= 4 is 107 Å². The number of nitrogens with two attached hydrogens (primary N) is 1. The average Bonchev–Trinajstić information content (AvgIpc) is 3.99. The van der Waals surface area contributed by atoms with Crippen molar-refractivity contribution in [2.75, 3.05) is 39.1 Å². The zero-order valence-corrected chi connectivity index (χ0v) is 33.6. The number of carbonyl (C=O) groups is 4. The number of aromatic nitrogens is 4. The molecule has 0 unspecified atom stereocenters. The Balaban J connectivity index is 0.000000181. The standard InChI is InChI=1S/C18H13ClN4O4S.C9H7ClO4.C9H10N4O2S/c1-25-12-4-3-5-13-14(12)20-18(28-13)21-17-23-22-15(27-17)9-6-7-11(19)10(8-9)16(24)26-2;1-14-9(13)6-4-5(8(11)12)2-3-7(6)10;1-15-5-3-2-4-6-7(5)11-9(16-6)12-8(14)13-10/h3-8H,1-2H3,(H,20,21,23);2-4H,1H3,(H,11,12);2-4H,10H2,1H3,(H2,11,12,13,14). The smallest absolute Gasteiger partial charge is 0.339 e. The number of amides is 2. The number of esters is 2. The molecule has 300 valence electrons. The van der Waals surface area contributed by atoms with Crippen molar-refractivity contribution in [2.45, 2.75) is 0 Å². The fourth-order valence-corrected chi connectivity index (χ4v) is 6.89. The molecule has 0 saturated heterocycles. The van der Waals surface area contributed by atoms with Gasteiger partial charge in [-0.3, -0.25) is 16.1 Å². The number of ether oxygens (including phenoxy) is 4. The van der Waals surface area contributed by atoms with Crippen LogP contribution >= 0.6 is 45.9 Å². The number of nitrogens with one attached hydrogen (secondary N) is 3. The summed E-state index contributed by atoms with van der Waals surface area (Å²) in [6.45, 7) is 0. The van der Waals surface area contributed by atoms with E-state index in [0.29, 0.717) is 27.3 Å². The third kappa shape index (κ3) is 10.2. The van der Waals surface area contributed by atoms with Gasteiger partial charge in [-0.2, -0.15) is 0 Å². The number of benzene rings is 4. The third-order valence-electron chi connectivity index (χ3n) is 7.43. The molecule has 0 atom stereocenters. The van der Waals surface area contributed by atoms with E-state index in [4.69, 9.17) is 52.8 Å². The molecule has 22 heteroatoms. The predicted octanol–water partition coefficient (Wildman–Crippen LogP) is 7.66. The maximum absolute atomic E-state index is 11.8. The molecule has 3 heterocycles. The largest absolute Gasteiger partial charge is 0.494 e. The maximum Gasteiger partial charge on any atom is 0.339 e. The lowest BCUT2D eigenvalue weighted by atomic mass is 10.1. The topological polar surface area (TPSA) is 252 Å². The SMILES string of the molecule is COC(=O)c1cc(-c2nnc(Nc3nc4c(OC)cccc4s3)o2)ccc1Cl.COC(=O)c1cc(C(=O)O)ccc1Cl.COc1cccc2sc(NC(=O)NN)nc12. The van der Waals surface area contributed by atoms with Crippen LogP contribution in [0.5, 0.6) is 11.5 Å². The molecular formula is C36H30Cl2N8O10S2. The second kappa shape index (κ2) is 19.5. The first-order valence-corrected chi connectivity index (χ1v) is 18.5. The number of anilines is 3. The number of hydrogen-bond acceptors (Lipinski definition) is 17. The van der Waals surface area contributed by atoms with E-state index in [-0.39, 0.29) is 38.6 Å². The van der Waals surface area contributed by atoms with E-state index in [0.717, 1.165) is 20.4 Å². The minimum Gasteiger partial charge on any atom is -0.494 e. The van der Waals surface area contributed by atoms with E-state index in [1.165, 1.54) is 61.2 Å². The molecular weight excluding hydrogens is 839 g/mol. The van der Waals surface area contributed by atoms with Crippen LogP contribution < -0.4 is 31.4 Å². The molecule has 58 heavy (non-hydrogen) atoms. The van der Waals surface area contributed by atoms with Crippen molar-refractivity contribution in [1.82, 2.24) is 25.6 Å². The van der Waals surface area contributed by atoms with Gasteiger partial charge in [0.05, 0.1) is 64.6 Å². The average molecular weight is 870 g/mol. The summed E-state index contributed by atoms with van der Waals surface area (Å²) in [7, 11) is 5.66. The number of aromatic carboxylic acids is 1. The monoisotopic (exact) mass is 868 g/mol. The van der Waals surface area contributed by atoms with Gasteiger partial charge in [0.25, 0.3) is 0 Å². The number of carbonyl (C=O) groups excluding carboxylic acids is 3. The molecule has 3 aromatic heterocycles. The first-order chi connectivity index (χ1) is 27.9. The van der Waals surface area contributed by atoms with E-state index in [1.54, 1.807) is 26.4 Å². The van der Waals surface area contributed by atoms with Gasteiger partial charge >= 0.3 is 30.0 Å². The number of carboxylic acids is 1. The summed E-state index contributed by atoms with van der Waals surface area (Å²) < 4.78 is 27.2. The Morgan fingerprint density at radius 1 is 0.741 bits per heavy atom. The van der Waals surface area contributed by atoms with Crippen LogP contribution in [-0.4, -0.2) is 77.7 Å². The number of carboxylic acid groups (broad SMARTS) is 1. The fourth-order valence-electron chi connectivity index (χ4n) is 4.75. The van der Waals surface area contributed by atoms with Crippen LogP contribution in [0.25, 0.3) is 31.9 Å². The Labute approximate surface area is 345 Å². The summed E-state index contributed by atoms with van der Waals surface area (Å²) in [5, 5.41) is 23.6. The molecule has 0 aliphatic rings. The third-order valence-corrected chi connectivity index (χ3v) is 9.96. The van der Waals surface area contributed by atoms with Crippen molar-refractivity contribution in [3.8, 4) is 23.0 Å². The van der Waals surface area contributed by atoms with Crippen LogP contribution in [0.1, 0.15) is 31.1 Å². The number of nitrogens with zero attached hydrogens (tertiary/aromatic N) is 4. The summed E-state index contributed by atoms with van der Waals surface area (Å²) in [6.07, 6.45) is 0. The van der Waals surface area contributed by atoms with Gasteiger partial charge in [0.2, 0.25) is 5.89 Å². The van der Waals surface area contributed by atoms with Gasteiger partial charge in [0, 0.05) is 5.56 Å². The van der Waals surface area contributed by atoms with Gasteiger partial charge in [0.15, 0.2) is 10.3 Å². The van der Waals surface area contributed by atoms with Crippen LogP contribution in [0.4, 0.5) is 21.1 Å². The first kappa shape index (κ1) is 42.6. The lowest BCUT2D eigenvalue weighted by Crippen LogP contribution is -2.34. The Morgan fingerprint density at radius 2 is 1.29 bits per heavy atom. The first-order valence-electron chi connectivity index (χ1n) is 16.1. The number of methoxy groups -OCH3 is 4. The highest BCUT2D eigenvalue weighted by atomic mass is 35.5. The highest BCUT2D eigenvalue weighted by Gasteiger charge is 2.17. The molecule has 6 N–H and O–H groups in total. The van der Waals surface area contributed by atoms with E-state index in [9.17, 15) is 19.2 Å². The number of para-hydroxylation sites is 2. The number of urea groups is 1. The Bertz CT molecular complexity index is 2620. The minimum absolute atomic E-state index is 0.00481. The van der Waals surface area contributed by atoms with Crippen LogP contribution in [0.2, 0.25) is 10.0 Å². The number of rotatable bonds is 9. The number of thiazole rings is 2. The van der Waals surface area contributed by atoms with Gasteiger partial charge < -0.3 is 28.5 Å². The van der Waals surface area contributed by atoms with E-state index in [1.807, 2.05) is 41.8 Å². The van der Waals surface area contributed by atoms with E-state index >= 15 is 0 Å². The summed E-state index contributed by atoms with van der Waals surface area (Å²) in [5.74, 6) is 4.22. The Kier molecular flexibility index (Phi) is 14.3. The number of halogens is 2. The molecule has 0 aliphatic carbocycles.